The van der Waals surface area contributed by atoms with Gasteiger partial charge in [-0.15, -0.1) is 11.3 Å². The summed E-state index contributed by atoms with van der Waals surface area (Å²) in [5.74, 6) is 1.41. The predicted molar refractivity (Wildman–Crippen MR) is 115 cm³/mol. The Bertz CT molecular complexity index is 1180. The molecule has 0 saturated carbocycles. The van der Waals surface area contributed by atoms with Crippen molar-refractivity contribution in [1.29, 1.82) is 0 Å². The second-order valence-corrected chi connectivity index (χ2v) is 7.56. The Morgan fingerprint density at radius 2 is 1.93 bits per heavy atom. The van der Waals surface area contributed by atoms with Crippen molar-refractivity contribution < 1.29 is 14.3 Å². The quantitative estimate of drug-likeness (QED) is 0.519. The van der Waals surface area contributed by atoms with E-state index in [-0.39, 0.29) is 5.91 Å². The van der Waals surface area contributed by atoms with Crippen LogP contribution in [0, 0.1) is 0 Å². The number of aryl methyl sites for hydroxylation is 1. The van der Waals surface area contributed by atoms with Crippen LogP contribution in [-0.2, 0) is 13.6 Å². The molecule has 0 aliphatic heterocycles. The standard InChI is InChI=1S/C22H21N3O3S/c1-25-22-17(20(24-25)14-8-6-9-16(11-14)27-2)12-19(29-22)21(26)23-13-15-7-4-5-10-18(15)28-3/h4-12H,13H2,1-3H3,(H,23,26). The van der Waals surface area contributed by atoms with Crippen molar-refractivity contribution in [2.45, 2.75) is 6.54 Å². The van der Waals surface area contributed by atoms with Crippen molar-refractivity contribution in [2.24, 2.45) is 7.05 Å². The van der Waals surface area contributed by atoms with Gasteiger partial charge in [-0.25, -0.2) is 0 Å². The Labute approximate surface area is 172 Å². The minimum Gasteiger partial charge on any atom is -0.497 e. The van der Waals surface area contributed by atoms with E-state index in [0.29, 0.717) is 11.4 Å². The number of hydrogen-bond donors (Lipinski definition) is 1. The first kappa shape index (κ1) is 19.0. The fraction of sp³-hybridized carbons (Fsp3) is 0.182. The summed E-state index contributed by atoms with van der Waals surface area (Å²) < 4.78 is 12.5. The van der Waals surface area contributed by atoms with E-state index in [1.807, 2.05) is 66.3 Å². The van der Waals surface area contributed by atoms with Gasteiger partial charge in [-0.3, -0.25) is 9.48 Å². The average Bonchev–Trinajstić information content (AvgIpc) is 3.33. The first-order valence-corrected chi connectivity index (χ1v) is 9.93. The van der Waals surface area contributed by atoms with Crippen LogP contribution in [0.1, 0.15) is 15.2 Å². The Balaban J connectivity index is 1.61. The number of thiophene rings is 1. The lowest BCUT2D eigenvalue weighted by Crippen LogP contribution is -2.22. The van der Waals surface area contributed by atoms with Gasteiger partial charge in [0.05, 0.1) is 19.1 Å². The molecule has 0 spiro atoms. The monoisotopic (exact) mass is 407 g/mol. The number of methoxy groups -OCH3 is 2. The summed E-state index contributed by atoms with van der Waals surface area (Å²) in [6, 6.07) is 17.3. The Morgan fingerprint density at radius 1 is 1.10 bits per heavy atom. The third-order valence-electron chi connectivity index (χ3n) is 4.71. The van der Waals surface area contributed by atoms with Crippen molar-refractivity contribution in [3.05, 3.63) is 65.0 Å². The second-order valence-electron chi connectivity index (χ2n) is 6.53. The van der Waals surface area contributed by atoms with E-state index in [2.05, 4.69) is 10.4 Å². The first-order valence-electron chi connectivity index (χ1n) is 9.11. The lowest BCUT2D eigenvalue weighted by atomic mass is 10.1. The molecule has 2 aromatic heterocycles. The molecule has 4 aromatic rings. The lowest BCUT2D eigenvalue weighted by Gasteiger charge is -2.08. The molecular weight excluding hydrogens is 386 g/mol. The van der Waals surface area contributed by atoms with Crippen molar-refractivity contribution in [2.75, 3.05) is 14.2 Å². The maximum Gasteiger partial charge on any atom is 0.261 e. The number of para-hydroxylation sites is 1. The van der Waals surface area contributed by atoms with Crippen LogP contribution < -0.4 is 14.8 Å². The minimum absolute atomic E-state index is 0.117. The maximum absolute atomic E-state index is 12.8. The summed E-state index contributed by atoms with van der Waals surface area (Å²) in [5, 5.41) is 8.57. The van der Waals surface area contributed by atoms with Crippen LogP contribution >= 0.6 is 11.3 Å². The number of aromatic nitrogens is 2. The third-order valence-corrected chi connectivity index (χ3v) is 5.91. The van der Waals surface area contributed by atoms with Crippen LogP contribution in [0.5, 0.6) is 11.5 Å². The highest BCUT2D eigenvalue weighted by atomic mass is 32.1. The van der Waals surface area contributed by atoms with E-state index >= 15 is 0 Å². The molecule has 0 radical (unpaired) electrons. The zero-order valence-corrected chi connectivity index (χ0v) is 17.2. The molecule has 0 atom stereocenters. The molecule has 4 rings (SSSR count). The Hall–Kier alpha value is -3.32. The predicted octanol–water partition coefficient (Wildman–Crippen LogP) is 4.25. The highest BCUT2D eigenvalue weighted by Gasteiger charge is 2.18. The van der Waals surface area contributed by atoms with Crippen LogP contribution in [0.4, 0.5) is 0 Å². The number of hydrogen-bond acceptors (Lipinski definition) is 5. The van der Waals surface area contributed by atoms with E-state index in [4.69, 9.17) is 9.47 Å². The number of benzene rings is 2. The van der Waals surface area contributed by atoms with Crippen LogP contribution in [-0.4, -0.2) is 29.9 Å². The van der Waals surface area contributed by atoms with E-state index < -0.39 is 0 Å². The molecule has 0 saturated heterocycles. The van der Waals surface area contributed by atoms with Crippen LogP contribution in [0.2, 0.25) is 0 Å². The summed E-state index contributed by atoms with van der Waals surface area (Å²) in [4.78, 5) is 14.3. The molecule has 6 nitrogen and oxygen atoms in total. The van der Waals surface area contributed by atoms with Crippen molar-refractivity contribution in [3.63, 3.8) is 0 Å². The van der Waals surface area contributed by atoms with Gasteiger partial charge >= 0.3 is 0 Å². The molecule has 1 N–H and O–H groups in total. The molecule has 2 heterocycles. The van der Waals surface area contributed by atoms with Gasteiger partial charge in [-0.1, -0.05) is 30.3 Å². The third kappa shape index (κ3) is 3.69. The van der Waals surface area contributed by atoms with Gasteiger partial charge in [0.2, 0.25) is 0 Å². The maximum atomic E-state index is 12.8. The summed E-state index contributed by atoms with van der Waals surface area (Å²) in [7, 11) is 5.15. The molecule has 148 valence electrons. The fourth-order valence-electron chi connectivity index (χ4n) is 3.25. The highest BCUT2D eigenvalue weighted by molar-refractivity contribution is 7.20. The van der Waals surface area contributed by atoms with Crippen molar-refractivity contribution in [1.82, 2.24) is 15.1 Å². The Kier molecular flexibility index (Phi) is 5.22. The molecule has 29 heavy (non-hydrogen) atoms. The SMILES string of the molecule is COc1cccc(-c2nn(C)c3sc(C(=O)NCc4ccccc4OC)cc23)c1. The van der Waals surface area contributed by atoms with Crippen molar-refractivity contribution >= 4 is 27.5 Å². The molecular formula is C22H21N3O3S. The van der Waals surface area contributed by atoms with Crippen LogP contribution in [0.3, 0.4) is 0 Å². The molecule has 7 heteroatoms. The lowest BCUT2D eigenvalue weighted by molar-refractivity contribution is 0.0955. The number of ether oxygens (including phenoxy) is 2. The Morgan fingerprint density at radius 3 is 2.72 bits per heavy atom. The molecule has 0 aliphatic rings. The number of carbonyl (C=O) groups excluding carboxylic acids is 1. The van der Waals surface area contributed by atoms with Crippen molar-refractivity contribution in [3.8, 4) is 22.8 Å². The first-order chi connectivity index (χ1) is 14.1. The largest absolute Gasteiger partial charge is 0.497 e. The zero-order chi connectivity index (χ0) is 20.4. The van der Waals surface area contributed by atoms with E-state index in [1.165, 1.54) is 11.3 Å². The minimum atomic E-state index is -0.117. The summed E-state index contributed by atoms with van der Waals surface area (Å²) in [6.07, 6.45) is 0. The normalized spacial score (nSPS) is 10.9. The molecule has 0 unspecified atom stereocenters. The van der Waals surface area contributed by atoms with Gasteiger partial charge in [-0.2, -0.15) is 5.10 Å². The van der Waals surface area contributed by atoms with Gasteiger partial charge in [0.1, 0.15) is 22.0 Å². The van der Waals surface area contributed by atoms with Gasteiger partial charge in [0, 0.05) is 30.1 Å². The molecule has 1 amide bonds. The summed E-state index contributed by atoms with van der Waals surface area (Å²) >= 11 is 1.43. The van der Waals surface area contributed by atoms with Crippen LogP contribution in [0.15, 0.2) is 54.6 Å². The smallest absolute Gasteiger partial charge is 0.261 e. The van der Waals surface area contributed by atoms with E-state index in [9.17, 15) is 4.79 Å². The molecule has 0 aliphatic carbocycles. The summed E-state index contributed by atoms with van der Waals surface area (Å²) in [6.45, 7) is 0.401. The molecule has 2 aromatic carbocycles. The number of fused-ring (bicyclic) bond motifs is 1. The van der Waals surface area contributed by atoms with E-state index in [0.717, 1.165) is 38.5 Å². The second kappa shape index (κ2) is 7.97. The van der Waals surface area contributed by atoms with Gasteiger partial charge in [-0.05, 0) is 24.3 Å². The van der Waals surface area contributed by atoms with Gasteiger partial charge in [0.25, 0.3) is 5.91 Å². The fourth-order valence-corrected chi connectivity index (χ4v) is 4.24. The summed E-state index contributed by atoms with van der Waals surface area (Å²) in [5.41, 5.74) is 2.72. The number of nitrogens with zero attached hydrogens (tertiary/aromatic N) is 2. The number of nitrogens with one attached hydrogen (secondary N) is 1. The van der Waals surface area contributed by atoms with Gasteiger partial charge < -0.3 is 14.8 Å². The zero-order valence-electron chi connectivity index (χ0n) is 16.4. The average molecular weight is 407 g/mol. The number of rotatable bonds is 6. The highest BCUT2D eigenvalue weighted by Crippen LogP contribution is 2.34. The number of amides is 1. The topological polar surface area (TPSA) is 65.4 Å². The van der Waals surface area contributed by atoms with E-state index in [1.54, 1.807) is 14.2 Å². The molecule has 0 bridgehead atoms. The number of carbonyl (C=O) groups is 1. The molecule has 0 fully saturated rings. The van der Waals surface area contributed by atoms with Crippen LogP contribution in [0.25, 0.3) is 21.5 Å². The van der Waals surface area contributed by atoms with Gasteiger partial charge in [0.15, 0.2) is 0 Å².